The Morgan fingerprint density at radius 2 is 2.28 bits per heavy atom. The molecular weight excluding hydrogens is 294 g/mol. The number of rotatable bonds is 6. The van der Waals surface area contributed by atoms with E-state index < -0.39 is 0 Å². The molecule has 98 valence electrons. The van der Waals surface area contributed by atoms with E-state index in [2.05, 4.69) is 40.3 Å². The van der Waals surface area contributed by atoms with Crippen LogP contribution >= 0.6 is 15.9 Å². The number of benzene rings is 1. The zero-order valence-electron chi connectivity index (χ0n) is 10.7. The summed E-state index contributed by atoms with van der Waals surface area (Å²) in [5, 5.41) is 4.54. The standard InChI is InChI=1S/C14H18BrNO2/c1-3-7-16-12(9-17-2)13-8-10-5-4-6-11(15)14(10)18-13/h4-6,8,12,16H,3,7,9H2,1-2H3. The summed E-state index contributed by atoms with van der Waals surface area (Å²) in [4.78, 5) is 0. The first-order chi connectivity index (χ1) is 8.76. The number of fused-ring (bicyclic) bond motifs is 1. The summed E-state index contributed by atoms with van der Waals surface area (Å²) in [6, 6.07) is 8.23. The topological polar surface area (TPSA) is 34.4 Å². The Balaban J connectivity index is 2.29. The Morgan fingerprint density at radius 1 is 1.44 bits per heavy atom. The highest BCUT2D eigenvalue weighted by Crippen LogP contribution is 2.29. The van der Waals surface area contributed by atoms with Crippen LogP contribution in [0.3, 0.4) is 0 Å². The lowest BCUT2D eigenvalue weighted by Gasteiger charge is -2.14. The monoisotopic (exact) mass is 311 g/mol. The molecule has 0 bridgehead atoms. The first-order valence-electron chi connectivity index (χ1n) is 6.16. The molecule has 18 heavy (non-hydrogen) atoms. The fourth-order valence-electron chi connectivity index (χ4n) is 1.95. The van der Waals surface area contributed by atoms with Gasteiger partial charge < -0.3 is 14.5 Å². The molecule has 4 heteroatoms. The molecule has 1 atom stereocenters. The SMILES string of the molecule is CCCNC(COC)c1cc2cccc(Br)c2o1. The van der Waals surface area contributed by atoms with Gasteiger partial charge in [-0.15, -0.1) is 0 Å². The first-order valence-corrected chi connectivity index (χ1v) is 6.95. The second-order valence-electron chi connectivity index (χ2n) is 4.27. The minimum Gasteiger partial charge on any atom is -0.458 e. The van der Waals surface area contributed by atoms with Crippen molar-refractivity contribution in [2.45, 2.75) is 19.4 Å². The van der Waals surface area contributed by atoms with Gasteiger partial charge in [-0.05, 0) is 41.0 Å². The van der Waals surface area contributed by atoms with Crippen molar-refractivity contribution >= 4 is 26.9 Å². The van der Waals surface area contributed by atoms with Crippen LogP contribution in [-0.4, -0.2) is 20.3 Å². The molecule has 0 aliphatic heterocycles. The average Bonchev–Trinajstić information content (AvgIpc) is 2.80. The van der Waals surface area contributed by atoms with Crippen molar-refractivity contribution in [1.29, 1.82) is 0 Å². The van der Waals surface area contributed by atoms with Crippen LogP contribution in [0.1, 0.15) is 25.1 Å². The maximum Gasteiger partial charge on any atom is 0.148 e. The number of furan rings is 1. The molecule has 0 fully saturated rings. The predicted octanol–water partition coefficient (Wildman–Crippen LogP) is 3.88. The van der Waals surface area contributed by atoms with Gasteiger partial charge in [0.25, 0.3) is 0 Å². The van der Waals surface area contributed by atoms with Crippen LogP contribution in [0.5, 0.6) is 0 Å². The van der Waals surface area contributed by atoms with Crippen LogP contribution in [0.2, 0.25) is 0 Å². The van der Waals surface area contributed by atoms with Gasteiger partial charge >= 0.3 is 0 Å². The highest BCUT2D eigenvalue weighted by molar-refractivity contribution is 9.10. The van der Waals surface area contributed by atoms with Gasteiger partial charge in [-0.1, -0.05) is 19.1 Å². The Labute approximate surface area is 116 Å². The van der Waals surface area contributed by atoms with E-state index in [-0.39, 0.29) is 6.04 Å². The van der Waals surface area contributed by atoms with Crippen LogP contribution in [0.4, 0.5) is 0 Å². The molecule has 1 aromatic carbocycles. The molecule has 0 saturated carbocycles. The molecule has 0 aliphatic carbocycles. The lowest BCUT2D eigenvalue weighted by atomic mass is 10.2. The summed E-state index contributed by atoms with van der Waals surface area (Å²) in [6.45, 7) is 3.70. The van der Waals surface area contributed by atoms with Gasteiger partial charge in [0.2, 0.25) is 0 Å². The van der Waals surface area contributed by atoms with E-state index in [1.54, 1.807) is 7.11 Å². The maximum atomic E-state index is 5.92. The largest absolute Gasteiger partial charge is 0.458 e. The highest BCUT2D eigenvalue weighted by Gasteiger charge is 2.16. The quantitative estimate of drug-likeness (QED) is 0.879. The van der Waals surface area contributed by atoms with Crippen molar-refractivity contribution in [3.8, 4) is 0 Å². The van der Waals surface area contributed by atoms with Gasteiger partial charge in [0, 0.05) is 12.5 Å². The predicted molar refractivity (Wildman–Crippen MR) is 76.8 cm³/mol. The molecule has 0 saturated heterocycles. The number of hydrogen-bond donors (Lipinski definition) is 1. The van der Waals surface area contributed by atoms with Crippen molar-refractivity contribution in [2.75, 3.05) is 20.3 Å². The zero-order valence-corrected chi connectivity index (χ0v) is 12.3. The number of para-hydroxylation sites is 1. The van der Waals surface area contributed by atoms with E-state index in [1.807, 2.05) is 12.1 Å². The summed E-state index contributed by atoms with van der Waals surface area (Å²) in [7, 11) is 1.71. The molecule has 1 N–H and O–H groups in total. The van der Waals surface area contributed by atoms with Crippen molar-refractivity contribution in [2.24, 2.45) is 0 Å². The Hall–Kier alpha value is -0.840. The number of methoxy groups -OCH3 is 1. The normalized spacial score (nSPS) is 13.1. The molecule has 2 rings (SSSR count). The third-order valence-corrected chi connectivity index (χ3v) is 3.46. The lowest BCUT2D eigenvalue weighted by molar-refractivity contribution is 0.158. The van der Waals surface area contributed by atoms with Crippen molar-refractivity contribution < 1.29 is 9.15 Å². The fraction of sp³-hybridized carbons (Fsp3) is 0.429. The Kier molecular flexibility index (Phi) is 4.80. The molecule has 0 aliphatic rings. The molecule has 0 amide bonds. The lowest BCUT2D eigenvalue weighted by Crippen LogP contribution is -2.25. The summed E-state index contributed by atoms with van der Waals surface area (Å²) < 4.78 is 12.2. The van der Waals surface area contributed by atoms with Crippen LogP contribution < -0.4 is 5.32 Å². The molecule has 1 heterocycles. The summed E-state index contributed by atoms with van der Waals surface area (Å²) in [5.41, 5.74) is 0.895. The van der Waals surface area contributed by atoms with Gasteiger partial charge in [0.15, 0.2) is 0 Å². The van der Waals surface area contributed by atoms with Gasteiger partial charge in [0.1, 0.15) is 11.3 Å². The molecule has 0 radical (unpaired) electrons. The molecule has 1 unspecified atom stereocenters. The Morgan fingerprint density at radius 3 is 2.94 bits per heavy atom. The van der Waals surface area contributed by atoms with Crippen LogP contribution in [-0.2, 0) is 4.74 Å². The average molecular weight is 312 g/mol. The van der Waals surface area contributed by atoms with Gasteiger partial charge in [0.05, 0.1) is 17.1 Å². The Bertz CT molecular complexity index is 509. The number of halogens is 1. The van der Waals surface area contributed by atoms with E-state index in [9.17, 15) is 0 Å². The minimum atomic E-state index is 0.106. The number of nitrogens with one attached hydrogen (secondary N) is 1. The van der Waals surface area contributed by atoms with Gasteiger partial charge in [-0.2, -0.15) is 0 Å². The van der Waals surface area contributed by atoms with Crippen molar-refractivity contribution in [1.82, 2.24) is 5.32 Å². The zero-order chi connectivity index (χ0) is 13.0. The highest BCUT2D eigenvalue weighted by atomic mass is 79.9. The first kappa shape index (κ1) is 13.6. The molecule has 2 aromatic rings. The van der Waals surface area contributed by atoms with Crippen LogP contribution in [0.15, 0.2) is 33.2 Å². The van der Waals surface area contributed by atoms with E-state index in [1.165, 1.54) is 0 Å². The molecule has 3 nitrogen and oxygen atoms in total. The van der Waals surface area contributed by atoms with Gasteiger partial charge in [-0.25, -0.2) is 0 Å². The molecular formula is C14H18BrNO2. The second kappa shape index (κ2) is 6.36. The van der Waals surface area contributed by atoms with E-state index in [0.29, 0.717) is 6.61 Å². The smallest absolute Gasteiger partial charge is 0.148 e. The third kappa shape index (κ3) is 2.94. The van der Waals surface area contributed by atoms with E-state index in [4.69, 9.17) is 9.15 Å². The second-order valence-corrected chi connectivity index (χ2v) is 5.12. The maximum absolute atomic E-state index is 5.92. The van der Waals surface area contributed by atoms with Crippen LogP contribution in [0, 0.1) is 0 Å². The fourth-order valence-corrected chi connectivity index (χ4v) is 2.41. The summed E-state index contributed by atoms with van der Waals surface area (Å²) >= 11 is 3.51. The van der Waals surface area contributed by atoms with Crippen LogP contribution in [0.25, 0.3) is 11.0 Å². The summed E-state index contributed by atoms with van der Waals surface area (Å²) in [6.07, 6.45) is 1.09. The van der Waals surface area contributed by atoms with Crippen molar-refractivity contribution in [3.63, 3.8) is 0 Å². The third-order valence-electron chi connectivity index (χ3n) is 2.83. The summed E-state index contributed by atoms with van der Waals surface area (Å²) in [5.74, 6) is 0.923. The number of ether oxygens (including phenoxy) is 1. The minimum absolute atomic E-state index is 0.106. The molecule has 0 spiro atoms. The number of hydrogen-bond acceptors (Lipinski definition) is 3. The molecule has 1 aromatic heterocycles. The van der Waals surface area contributed by atoms with Crippen molar-refractivity contribution in [3.05, 3.63) is 34.5 Å². The van der Waals surface area contributed by atoms with Gasteiger partial charge in [-0.3, -0.25) is 0 Å². The van der Waals surface area contributed by atoms with E-state index >= 15 is 0 Å². The van der Waals surface area contributed by atoms with E-state index in [0.717, 1.165) is 34.2 Å².